The molecule has 0 radical (unpaired) electrons. The number of thiazole rings is 1. The molecule has 1 atom stereocenters. The summed E-state index contributed by atoms with van der Waals surface area (Å²) in [5.41, 5.74) is 1.01. The van der Waals surface area contributed by atoms with Crippen LogP contribution in [-0.4, -0.2) is 22.8 Å². The van der Waals surface area contributed by atoms with Crippen LogP contribution in [0.1, 0.15) is 64.5 Å². The van der Waals surface area contributed by atoms with Gasteiger partial charge in [-0.1, -0.05) is 25.0 Å². The van der Waals surface area contributed by atoms with Gasteiger partial charge in [0.05, 0.1) is 6.04 Å². The molecule has 0 saturated heterocycles. The predicted octanol–water partition coefficient (Wildman–Crippen LogP) is 3.45. The molecule has 3 rings (SSSR count). The molecule has 0 aliphatic heterocycles. The van der Waals surface area contributed by atoms with Crippen molar-refractivity contribution in [2.45, 2.75) is 44.7 Å². The van der Waals surface area contributed by atoms with E-state index in [1.165, 1.54) is 12.1 Å². The van der Waals surface area contributed by atoms with Gasteiger partial charge in [0, 0.05) is 11.4 Å². The normalized spacial score (nSPS) is 15.8. The lowest BCUT2D eigenvalue weighted by molar-refractivity contribution is 0.0934. The molecule has 0 unspecified atom stereocenters. The summed E-state index contributed by atoms with van der Waals surface area (Å²) in [4.78, 5) is 28.6. The first-order valence-electron chi connectivity index (χ1n) is 8.35. The molecular formula is C18H20FN3O2S. The Bertz CT molecular complexity index is 754. The van der Waals surface area contributed by atoms with Crippen molar-refractivity contribution in [3.63, 3.8) is 0 Å². The Morgan fingerprint density at radius 2 is 1.88 bits per heavy atom. The van der Waals surface area contributed by atoms with Crippen molar-refractivity contribution < 1.29 is 14.0 Å². The van der Waals surface area contributed by atoms with E-state index < -0.39 is 0 Å². The molecular weight excluding hydrogens is 341 g/mol. The van der Waals surface area contributed by atoms with Crippen LogP contribution in [-0.2, 0) is 0 Å². The van der Waals surface area contributed by atoms with Crippen molar-refractivity contribution in [2.75, 3.05) is 0 Å². The van der Waals surface area contributed by atoms with Gasteiger partial charge in [-0.05, 0) is 37.5 Å². The van der Waals surface area contributed by atoms with E-state index in [4.69, 9.17) is 0 Å². The number of aromatic nitrogens is 1. The minimum Gasteiger partial charge on any atom is -0.347 e. The van der Waals surface area contributed by atoms with Crippen LogP contribution in [0.15, 0.2) is 29.6 Å². The van der Waals surface area contributed by atoms with Crippen LogP contribution < -0.4 is 10.6 Å². The molecule has 1 heterocycles. The molecule has 25 heavy (non-hydrogen) atoms. The van der Waals surface area contributed by atoms with E-state index in [2.05, 4.69) is 15.6 Å². The molecule has 2 aromatic rings. The standard InChI is InChI=1S/C18H20FN3O2S/c1-11(12-6-8-13(19)9-7-12)20-16(23)15-10-25-18(22-15)17(24)21-14-4-2-3-5-14/h6-11,14H,2-5H2,1H3,(H,20,23)(H,21,24)/t11-/m1/s1. The number of nitrogens with zero attached hydrogens (tertiary/aromatic N) is 1. The van der Waals surface area contributed by atoms with Crippen molar-refractivity contribution in [3.05, 3.63) is 51.7 Å². The van der Waals surface area contributed by atoms with Gasteiger partial charge in [0.25, 0.3) is 11.8 Å². The average molecular weight is 361 g/mol. The number of benzene rings is 1. The number of hydrogen-bond donors (Lipinski definition) is 2. The third-order valence-electron chi connectivity index (χ3n) is 4.34. The summed E-state index contributed by atoms with van der Waals surface area (Å²) in [6, 6.07) is 5.89. The largest absolute Gasteiger partial charge is 0.347 e. The smallest absolute Gasteiger partial charge is 0.280 e. The first-order valence-corrected chi connectivity index (χ1v) is 9.23. The van der Waals surface area contributed by atoms with Crippen molar-refractivity contribution in [2.24, 2.45) is 0 Å². The second kappa shape index (κ2) is 7.74. The molecule has 1 fully saturated rings. The lowest BCUT2D eigenvalue weighted by atomic mass is 10.1. The zero-order chi connectivity index (χ0) is 17.8. The highest BCUT2D eigenvalue weighted by Crippen LogP contribution is 2.19. The average Bonchev–Trinajstić information content (AvgIpc) is 3.27. The van der Waals surface area contributed by atoms with Gasteiger partial charge in [-0.15, -0.1) is 11.3 Å². The molecule has 2 amide bonds. The summed E-state index contributed by atoms with van der Waals surface area (Å²) in [5, 5.41) is 7.65. The molecule has 2 N–H and O–H groups in total. The second-order valence-electron chi connectivity index (χ2n) is 6.24. The Hall–Kier alpha value is -2.28. The molecule has 1 saturated carbocycles. The summed E-state index contributed by atoms with van der Waals surface area (Å²) in [5.74, 6) is -0.893. The van der Waals surface area contributed by atoms with E-state index in [0.29, 0.717) is 5.01 Å². The van der Waals surface area contributed by atoms with Crippen LogP contribution in [0.4, 0.5) is 4.39 Å². The topological polar surface area (TPSA) is 71.1 Å². The third kappa shape index (κ3) is 4.42. The van der Waals surface area contributed by atoms with Crippen molar-refractivity contribution in [3.8, 4) is 0 Å². The van der Waals surface area contributed by atoms with Crippen LogP contribution in [0.3, 0.4) is 0 Å². The van der Waals surface area contributed by atoms with E-state index in [-0.39, 0.29) is 35.4 Å². The summed E-state index contributed by atoms with van der Waals surface area (Å²) in [7, 11) is 0. The number of carbonyl (C=O) groups excluding carboxylic acids is 2. The molecule has 1 aliphatic rings. The van der Waals surface area contributed by atoms with Gasteiger partial charge in [-0.25, -0.2) is 9.37 Å². The van der Waals surface area contributed by atoms with Gasteiger partial charge < -0.3 is 10.6 Å². The number of hydrogen-bond acceptors (Lipinski definition) is 4. The number of nitrogens with one attached hydrogen (secondary N) is 2. The molecule has 132 valence electrons. The Morgan fingerprint density at radius 1 is 1.20 bits per heavy atom. The lowest BCUT2D eigenvalue weighted by Crippen LogP contribution is -2.32. The van der Waals surface area contributed by atoms with Crippen LogP contribution >= 0.6 is 11.3 Å². The van der Waals surface area contributed by atoms with E-state index in [1.807, 2.05) is 6.92 Å². The van der Waals surface area contributed by atoms with Crippen molar-refractivity contribution >= 4 is 23.2 Å². The monoisotopic (exact) mass is 361 g/mol. The number of amides is 2. The van der Waals surface area contributed by atoms with Crippen LogP contribution in [0, 0.1) is 5.82 Å². The minimum atomic E-state index is -0.354. The molecule has 1 aromatic carbocycles. The van der Waals surface area contributed by atoms with Gasteiger partial charge in [0.1, 0.15) is 11.5 Å². The predicted molar refractivity (Wildman–Crippen MR) is 94.1 cm³/mol. The second-order valence-corrected chi connectivity index (χ2v) is 7.10. The van der Waals surface area contributed by atoms with Crippen LogP contribution in [0.25, 0.3) is 0 Å². The zero-order valence-electron chi connectivity index (χ0n) is 13.9. The van der Waals surface area contributed by atoms with Gasteiger partial charge in [-0.2, -0.15) is 0 Å². The number of rotatable bonds is 5. The maximum atomic E-state index is 13.0. The highest BCUT2D eigenvalue weighted by Gasteiger charge is 2.21. The first kappa shape index (κ1) is 17.5. The van der Waals surface area contributed by atoms with E-state index in [0.717, 1.165) is 42.6 Å². The quantitative estimate of drug-likeness (QED) is 0.857. The fourth-order valence-electron chi connectivity index (χ4n) is 2.90. The zero-order valence-corrected chi connectivity index (χ0v) is 14.7. The maximum Gasteiger partial charge on any atom is 0.280 e. The molecule has 1 aromatic heterocycles. The fraction of sp³-hybridized carbons (Fsp3) is 0.389. The molecule has 0 spiro atoms. The minimum absolute atomic E-state index is 0.215. The summed E-state index contributed by atoms with van der Waals surface area (Å²) in [6.45, 7) is 1.81. The Labute approximate surface area is 149 Å². The Morgan fingerprint density at radius 3 is 2.56 bits per heavy atom. The van der Waals surface area contributed by atoms with Crippen LogP contribution in [0.5, 0.6) is 0 Å². The SMILES string of the molecule is C[C@@H](NC(=O)c1csc(C(=O)NC2CCCC2)n1)c1ccc(F)cc1. The third-order valence-corrected chi connectivity index (χ3v) is 5.18. The Balaban J connectivity index is 1.59. The highest BCUT2D eigenvalue weighted by atomic mass is 32.1. The van der Waals surface area contributed by atoms with Crippen LogP contribution in [0.2, 0.25) is 0 Å². The van der Waals surface area contributed by atoms with Gasteiger partial charge in [0.15, 0.2) is 5.01 Å². The van der Waals surface area contributed by atoms with Crippen molar-refractivity contribution in [1.82, 2.24) is 15.6 Å². The Kier molecular flexibility index (Phi) is 5.43. The molecule has 1 aliphatic carbocycles. The van der Waals surface area contributed by atoms with Gasteiger partial charge >= 0.3 is 0 Å². The number of halogens is 1. The van der Waals surface area contributed by atoms with E-state index in [1.54, 1.807) is 17.5 Å². The van der Waals surface area contributed by atoms with Gasteiger partial charge in [0.2, 0.25) is 0 Å². The maximum absolute atomic E-state index is 13.0. The fourth-order valence-corrected chi connectivity index (χ4v) is 3.60. The summed E-state index contributed by atoms with van der Waals surface area (Å²) in [6.07, 6.45) is 4.27. The summed E-state index contributed by atoms with van der Waals surface area (Å²) < 4.78 is 13.0. The molecule has 7 heteroatoms. The van der Waals surface area contributed by atoms with E-state index in [9.17, 15) is 14.0 Å². The van der Waals surface area contributed by atoms with E-state index >= 15 is 0 Å². The molecule has 5 nitrogen and oxygen atoms in total. The van der Waals surface area contributed by atoms with Gasteiger partial charge in [-0.3, -0.25) is 9.59 Å². The molecule has 0 bridgehead atoms. The van der Waals surface area contributed by atoms with Crippen molar-refractivity contribution in [1.29, 1.82) is 0 Å². The lowest BCUT2D eigenvalue weighted by Gasteiger charge is -2.13. The summed E-state index contributed by atoms with van der Waals surface area (Å²) >= 11 is 1.16. The first-order chi connectivity index (χ1) is 12.0. The number of carbonyl (C=O) groups is 2. The highest BCUT2D eigenvalue weighted by molar-refractivity contribution is 7.11.